The van der Waals surface area contributed by atoms with E-state index in [1.807, 2.05) is 63.2 Å². The summed E-state index contributed by atoms with van der Waals surface area (Å²) < 4.78 is 27.0. The molecule has 0 radical (unpaired) electrons. The molecule has 0 aliphatic carbocycles. The van der Waals surface area contributed by atoms with Gasteiger partial charge in [-0.3, -0.25) is 0 Å². The maximum absolute atomic E-state index is 14.6. The molecule has 1 atom stereocenters. The Bertz CT molecular complexity index is 1370. The van der Waals surface area contributed by atoms with Crippen LogP contribution < -0.4 is 9.64 Å². The standard InChI is InChI=1S/C30H32BrFN4O3/c1-30(2,3)39-29(37)35(4)23-11-8-14-36(18-23)26-16-25(38-19-20-9-6-5-7-10-20)27(31)28(34-26)21-12-13-22(17-33)24(32)15-21/h5-7,9-10,12-13,15-16,23H,8,11,14,18-19H2,1-4H3. The Hall–Kier alpha value is -3.64. The van der Waals surface area contributed by atoms with Crippen LogP contribution in [0.4, 0.5) is 15.0 Å². The summed E-state index contributed by atoms with van der Waals surface area (Å²) in [7, 11) is 1.76. The second-order valence-electron chi connectivity index (χ2n) is 10.6. The molecular formula is C30H32BrFN4O3. The molecule has 39 heavy (non-hydrogen) atoms. The van der Waals surface area contributed by atoms with E-state index in [2.05, 4.69) is 20.8 Å². The number of rotatable bonds is 6. The number of nitrogens with zero attached hydrogens (tertiary/aromatic N) is 4. The van der Waals surface area contributed by atoms with Crippen LogP contribution in [-0.4, -0.2) is 47.8 Å². The molecule has 1 aliphatic rings. The van der Waals surface area contributed by atoms with Crippen LogP contribution in [0, 0.1) is 17.1 Å². The van der Waals surface area contributed by atoms with E-state index < -0.39 is 11.4 Å². The molecule has 1 saturated heterocycles. The van der Waals surface area contributed by atoms with Gasteiger partial charge in [0.1, 0.15) is 35.7 Å². The third-order valence-electron chi connectivity index (χ3n) is 6.46. The van der Waals surface area contributed by atoms with E-state index in [1.165, 1.54) is 12.1 Å². The summed E-state index contributed by atoms with van der Waals surface area (Å²) in [5.74, 6) is 0.604. The Labute approximate surface area is 237 Å². The topological polar surface area (TPSA) is 78.7 Å². The molecule has 1 fully saturated rings. The number of benzene rings is 2. The minimum absolute atomic E-state index is 0.0318. The van der Waals surface area contributed by atoms with Gasteiger partial charge < -0.3 is 19.3 Å². The average Bonchev–Trinajstić information content (AvgIpc) is 2.91. The van der Waals surface area contributed by atoms with Gasteiger partial charge in [-0.25, -0.2) is 14.2 Å². The number of pyridine rings is 1. The summed E-state index contributed by atoms with van der Waals surface area (Å²) in [6.07, 6.45) is 1.34. The Morgan fingerprint density at radius 2 is 1.97 bits per heavy atom. The number of halogens is 2. The van der Waals surface area contributed by atoms with Crippen LogP contribution in [0.25, 0.3) is 11.3 Å². The van der Waals surface area contributed by atoms with Crippen molar-refractivity contribution in [2.24, 2.45) is 0 Å². The largest absolute Gasteiger partial charge is 0.488 e. The van der Waals surface area contributed by atoms with Crippen molar-refractivity contribution in [3.63, 3.8) is 0 Å². The number of amides is 1. The van der Waals surface area contributed by atoms with Crippen LogP contribution in [0.1, 0.15) is 44.7 Å². The first kappa shape index (κ1) is 28.4. The van der Waals surface area contributed by atoms with Crippen molar-refractivity contribution in [1.82, 2.24) is 9.88 Å². The Morgan fingerprint density at radius 3 is 2.64 bits per heavy atom. The van der Waals surface area contributed by atoms with Gasteiger partial charge in [0, 0.05) is 31.8 Å². The summed E-state index contributed by atoms with van der Waals surface area (Å²) in [6, 6.07) is 17.9. The molecule has 1 aromatic heterocycles. The van der Waals surface area contributed by atoms with Crippen LogP contribution in [0.3, 0.4) is 0 Å². The lowest BCUT2D eigenvalue weighted by atomic mass is 10.0. The summed E-state index contributed by atoms with van der Waals surface area (Å²) in [4.78, 5) is 21.4. The lowest BCUT2D eigenvalue weighted by Crippen LogP contribution is -2.50. The van der Waals surface area contributed by atoms with E-state index in [0.717, 1.165) is 24.9 Å². The highest BCUT2D eigenvalue weighted by molar-refractivity contribution is 9.10. The number of aromatic nitrogens is 1. The summed E-state index contributed by atoms with van der Waals surface area (Å²) >= 11 is 3.63. The second-order valence-corrected chi connectivity index (χ2v) is 11.3. The fourth-order valence-corrected chi connectivity index (χ4v) is 4.95. The van der Waals surface area contributed by atoms with Crippen molar-refractivity contribution in [3.8, 4) is 23.1 Å². The molecule has 7 nitrogen and oxygen atoms in total. The maximum atomic E-state index is 14.6. The highest BCUT2D eigenvalue weighted by Gasteiger charge is 2.30. The Kier molecular flexibility index (Phi) is 8.76. The predicted octanol–water partition coefficient (Wildman–Crippen LogP) is 6.94. The molecule has 0 N–H and O–H groups in total. The molecular weight excluding hydrogens is 563 g/mol. The zero-order valence-electron chi connectivity index (χ0n) is 22.6. The summed E-state index contributed by atoms with van der Waals surface area (Å²) in [5.41, 5.74) is 1.41. The number of hydrogen-bond acceptors (Lipinski definition) is 6. The van der Waals surface area contributed by atoms with Gasteiger partial charge in [0.15, 0.2) is 0 Å². The monoisotopic (exact) mass is 594 g/mol. The normalized spacial score (nSPS) is 15.4. The minimum Gasteiger partial charge on any atom is -0.488 e. The van der Waals surface area contributed by atoms with Gasteiger partial charge in [0.2, 0.25) is 0 Å². The lowest BCUT2D eigenvalue weighted by molar-refractivity contribution is 0.0209. The van der Waals surface area contributed by atoms with Crippen molar-refractivity contribution < 1.29 is 18.7 Å². The SMILES string of the molecule is CN(C(=O)OC(C)(C)C)C1CCCN(c2cc(OCc3ccccc3)c(Br)c(-c3ccc(C#N)c(F)c3)n2)C1. The second kappa shape index (κ2) is 12.0. The van der Waals surface area contributed by atoms with Crippen molar-refractivity contribution in [2.75, 3.05) is 25.0 Å². The molecule has 0 bridgehead atoms. The van der Waals surface area contributed by atoms with Crippen LogP contribution in [0.5, 0.6) is 5.75 Å². The molecule has 9 heteroatoms. The molecule has 1 aliphatic heterocycles. The maximum Gasteiger partial charge on any atom is 0.410 e. The third-order valence-corrected chi connectivity index (χ3v) is 7.23. The van der Waals surface area contributed by atoms with Gasteiger partial charge in [-0.1, -0.05) is 36.4 Å². The number of hydrogen-bond donors (Lipinski definition) is 0. The van der Waals surface area contributed by atoms with Crippen LogP contribution in [0.15, 0.2) is 59.1 Å². The predicted molar refractivity (Wildman–Crippen MR) is 152 cm³/mol. The van der Waals surface area contributed by atoms with Crippen LogP contribution in [-0.2, 0) is 11.3 Å². The van der Waals surface area contributed by atoms with Crippen molar-refractivity contribution in [3.05, 3.63) is 76.0 Å². The molecule has 204 valence electrons. The lowest BCUT2D eigenvalue weighted by Gasteiger charge is -2.38. The van der Waals surface area contributed by atoms with E-state index in [1.54, 1.807) is 18.0 Å². The highest BCUT2D eigenvalue weighted by atomic mass is 79.9. The zero-order chi connectivity index (χ0) is 28.2. The third kappa shape index (κ3) is 7.07. The number of ether oxygens (including phenoxy) is 2. The van der Waals surface area contributed by atoms with E-state index in [9.17, 15) is 9.18 Å². The van der Waals surface area contributed by atoms with Gasteiger partial charge in [-0.2, -0.15) is 5.26 Å². The quantitative estimate of drug-likeness (QED) is 0.307. The van der Waals surface area contributed by atoms with Crippen molar-refractivity contribution in [2.45, 2.75) is 51.9 Å². The Balaban J connectivity index is 1.67. The van der Waals surface area contributed by atoms with Gasteiger partial charge in [-0.15, -0.1) is 0 Å². The van der Waals surface area contributed by atoms with E-state index in [4.69, 9.17) is 19.7 Å². The fraction of sp³-hybridized carbons (Fsp3) is 0.367. The molecule has 3 aromatic rings. The van der Waals surface area contributed by atoms with Gasteiger partial charge >= 0.3 is 6.09 Å². The molecule has 4 rings (SSSR count). The minimum atomic E-state index is -0.613. The first-order valence-corrected chi connectivity index (χ1v) is 13.6. The number of piperidine rings is 1. The Morgan fingerprint density at radius 1 is 1.23 bits per heavy atom. The number of nitriles is 1. The summed E-state index contributed by atoms with van der Waals surface area (Å²) in [6.45, 7) is 7.19. The highest BCUT2D eigenvalue weighted by Crippen LogP contribution is 2.39. The molecule has 1 amide bonds. The molecule has 2 heterocycles. The van der Waals surface area contributed by atoms with Crippen LogP contribution >= 0.6 is 15.9 Å². The summed E-state index contributed by atoms with van der Waals surface area (Å²) in [5, 5.41) is 9.16. The van der Waals surface area contributed by atoms with E-state index >= 15 is 0 Å². The van der Waals surface area contributed by atoms with Crippen molar-refractivity contribution in [1.29, 1.82) is 5.26 Å². The van der Waals surface area contributed by atoms with Gasteiger partial charge in [-0.05, 0) is 67.2 Å². The number of likely N-dealkylation sites (N-methyl/N-ethyl adjacent to an activating group) is 1. The van der Waals surface area contributed by atoms with E-state index in [-0.39, 0.29) is 17.7 Å². The zero-order valence-corrected chi connectivity index (χ0v) is 24.2. The average molecular weight is 596 g/mol. The van der Waals surface area contributed by atoms with Gasteiger partial charge in [0.05, 0.1) is 21.8 Å². The number of carbonyl (C=O) groups is 1. The van der Waals surface area contributed by atoms with Gasteiger partial charge in [0.25, 0.3) is 0 Å². The molecule has 0 saturated carbocycles. The smallest absolute Gasteiger partial charge is 0.410 e. The first-order chi connectivity index (χ1) is 18.6. The fourth-order valence-electron chi connectivity index (χ4n) is 4.40. The molecule has 1 unspecified atom stereocenters. The number of carbonyl (C=O) groups excluding carboxylic acids is 1. The van der Waals surface area contributed by atoms with Crippen LogP contribution in [0.2, 0.25) is 0 Å². The van der Waals surface area contributed by atoms with E-state index in [0.29, 0.717) is 40.4 Å². The first-order valence-electron chi connectivity index (χ1n) is 12.8. The molecule has 0 spiro atoms. The number of anilines is 1. The van der Waals surface area contributed by atoms with Crippen molar-refractivity contribution >= 4 is 27.8 Å². The molecule has 2 aromatic carbocycles.